The summed E-state index contributed by atoms with van der Waals surface area (Å²) >= 11 is 0. The van der Waals surface area contributed by atoms with E-state index in [-0.39, 0.29) is 17.4 Å². The normalized spacial score (nSPS) is 14.2. The van der Waals surface area contributed by atoms with Gasteiger partial charge in [-0.1, -0.05) is 158 Å². The van der Waals surface area contributed by atoms with E-state index in [0.29, 0.717) is 48.6 Å². The Morgan fingerprint density at radius 2 is 0.810 bits per heavy atom. The lowest BCUT2D eigenvalue weighted by molar-refractivity contribution is -0.189. The zero-order valence-electron chi connectivity index (χ0n) is 65.0. The predicted molar refractivity (Wildman–Crippen MR) is 370 cm³/mol. The number of halogens is 3. The van der Waals surface area contributed by atoms with Crippen LogP contribution in [0.2, 0.25) is 0 Å². The second-order valence-corrected chi connectivity index (χ2v) is 22.7. The number of alkyl halides is 3. The summed E-state index contributed by atoms with van der Waals surface area (Å²) in [6.07, 6.45) is 9.88. The average molecular weight is 1240 g/mol. The van der Waals surface area contributed by atoms with Gasteiger partial charge in [-0.2, -0.15) is 13.2 Å². The molecule has 5 atom stereocenters. The van der Waals surface area contributed by atoms with Crippen LogP contribution >= 0.6 is 0 Å². The van der Waals surface area contributed by atoms with Gasteiger partial charge in [0.15, 0.2) is 0 Å². The van der Waals surface area contributed by atoms with E-state index in [1.54, 1.807) is 78.2 Å². The van der Waals surface area contributed by atoms with Crippen molar-refractivity contribution in [1.82, 2.24) is 0 Å². The molecule has 0 aromatic rings. The highest BCUT2D eigenvalue weighted by atomic mass is 19.4. The third kappa shape index (κ3) is 178. The van der Waals surface area contributed by atoms with Crippen molar-refractivity contribution in [2.45, 2.75) is 314 Å². The third-order valence-electron chi connectivity index (χ3n) is 10.4. The highest BCUT2D eigenvalue weighted by molar-refractivity contribution is 4.79. The fourth-order valence-electron chi connectivity index (χ4n) is 5.14. The molecule has 11 nitrogen and oxygen atoms in total. The largest absolute Gasteiger partial charge is 0.391 e. The molecule has 84 heavy (non-hydrogen) atoms. The first-order valence-corrected chi connectivity index (χ1v) is 32.7. The van der Waals surface area contributed by atoms with Crippen LogP contribution in [0, 0.1) is 35.0 Å². The van der Waals surface area contributed by atoms with Crippen molar-refractivity contribution in [3.63, 3.8) is 0 Å². The van der Waals surface area contributed by atoms with E-state index in [0.717, 1.165) is 77.7 Å². The van der Waals surface area contributed by atoms with Crippen molar-refractivity contribution < 1.29 is 65.3 Å². The van der Waals surface area contributed by atoms with Gasteiger partial charge in [-0.25, -0.2) is 0 Å². The Labute approximate surface area is 530 Å². The second-order valence-electron chi connectivity index (χ2n) is 22.7. The molecule has 0 heterocycles. The Bertz CT molecular complexity index is 918. The minimum atomic E-state index is -3.97. The standard InChI is InChI=1S/C9H15F3.4C6H14O.4C5H12O.2C4H10O.C3H8O.3C2H6/c1-6-3-7(2)5-8(4-6)9(10,11)12;1-6(2,3)5-7-4;1-6(2)4-5-7-3;1-4-5-6(2)7-3;1-4-6(5-2)7-3;1-5(2)4-6-3;1-5(2,3)6-4;1-4-5(2)6-3;1-3-4-5-6-2;1-4(2)5-3;1-3-4-5-2;1-3-4-2;3*1-2/h6-8H,3-5H2,1-2H3;5H2,1-4H3;3*6H,4-5H2,1-3H3;5H,4H2,1-3H3;1-4H3;5H,4H2,1-3H3;3-5H2,1-2H3;4H,1-3H3;3-4H2,1-2H3;3H2,1-2H3;3*1-2H3/t6-,7?,8?;;;;;;;;;;;;;;/m0............../s1. The van der Waals surface area contributed by atoms with Gasteiger partial charge in [0.1, 0.15) is 0 Å². The number of ether oxygens (including phenoxy) is 11. The molecule has 4 unspecified atom stereocenters. The van der Waals surface area contributed by atoms with Crippen LogP contribution in [-0.4, -0.2) is 154 Å². The predicted octanol–water partition coefficient (Wildman–Crippen LogP) is 22.0. The van der Waals surface area contributed by atoms with Gasteiger partial charge in [0.2, 0.25) is 0 Å². The van der Waals surface area contributed by atoms with Gasteiger partial charge in [0, 0.05) is 111 Å². The van der Waals surface area contributed by atoms with Crippen molar-refractivity contribution in [1.29, 1.82) is 0 Å². The summed E-state index contributed by atoms with van der Waals surface area (Å²) in [7, 11) is 19.0. The smallest absolute Gasteiger partial charge is 0.385 e. The molecule has 0 aliphatic heterocycles. The van der Waals surface area contributed by atoms with Gasteiger partial charge in [0.25, 0.3) is 0 Å². The van der Waals surface area contributed by atoms with E-state index in [9.17, 15) is 13.2 Å². The Morgan fingerprint density at radius 3 is 0.893 bits per heavy atom. The summed E-state index contributed by atoms with van der Waals surface area (Å²) in [6.45, 7) is 65.1. The molecule has 0 bridgehead atoms. The molecule has 0 saturated heterocycles. The van der Waals surface area contributed by atoms with Crippen molar-refractivity contribution in [3.05, 3.63) is 0 Å². The first-order valence-electron chi connectivity index (χ1n) is 32.7. The molecule has 1 saturated carbocycles. The van der Waals surface area contributed by atoms with Crippen molar-refractivity contribution in [3.8, 4) is 0 Å². The molecule has 1 aliphatic rings. The topological polar surface area (TPSA) is 102 Å². The fraction of sp³-hybridized carbons (Fsp3) is 1.00. The zero-order chi connectivity index (χ0) is 70.2. The first kappa shape index (κ1) is 118. The van der Waals surface area contributed by atoms with Crippen LogP contribution in [-0.2, 0) is 52.1 Å². The van der Waals surface area contributed by atoms with Gasteiger partial charge >= 0.3 is 6.18 Å². The van der Waals surface area contributed by atoms with E-state index < -0.39 is 12.1 Å². The molecule has 14 heteroatoms. The lowest BCUT2D eigenvalue weighted by atomic mass is 9.76. The minimum absolute atomic E-state index is 0.0417. The van der Waals surface area contributed by atoms with E-state index in [1.807, 2.05) is 96.9 Å². The zero-order valence-corrected chi connectivity index (χ0v) is 65.0. The molecule has 0 amide bonds. The average Bonchev–Trinajstić information content (AvgIpc) is 3.44. The molecule has 0 aromatic carbocycles. The molecule has 0 radical (unpaired) electrons. The molecule has 532 valence electrons. The van der Waals surface area contributed by atoms with Gasteiger partial charge < -0.3 is 52.1 Å². The molecular weight excluding hydrogens is 1070 g/mol. The number of hydrogen-bond acceptors (Lipinski definition) is 11. The quantitative estimate of drug-likeness (QED) is 0.103. The molecule has 0 N–H and O–H groups in total. The molecular formula is C70H165F3O11. The number of unbranched alkanes of at least 4 members (excludes halogenated alkanes) is 1. The van der Waals surface area contributed by atoms with Crippen LogP contribution in [0.4, 0.5) is 13.2 Å². The lowest BCUT2D eigenvalue weighted by Crippen LogP contribution is -2.31. The molecule has 1 rings (SSSR count). The van der Waals surface area contributed by atoms with Crippen LogP contribution < -0.4 is 0 Å². The summed E-state index contributed by atoms with van der Waals surface area (Å²) in [5, 5.41) is 0. The van der Waals surface area contributed by atoms with Crippen LogP contribution in [0.1, 0.15) is 278 Å². The molecule has 0 spiro atoms. The first-order chi connectivity index (χ1) is 39.0. The van der Waals surface area contributed by atoms with Crippen molar-refractivity contribution >= 4 is 0 Å². The lowest BCUT2D eigenvalue weighted by Gasteiger charge is -2.32. The van der Waals surface area contributed by atoms with Gasteiger partial charge in [-0.15, -0.1) is 0 Å². The Kier molecular flexibility index (Phi) is 142. The number of hydrogen-bond donors (Lipinski definition) is 0. The summed E-state index contributed by atoms with van der Waals surface area (Å²) in [5.74, 6) is 0.881. The molecule has 0 aromatic heterocycles. The van der Waals surface area contributed by atoms with Crippen molar-refractivity contribution in [2.24, 2.45) is 35.0 Å². The summed E-state index contributed by atoms with van der Waals surface area (Å²) in [4.78, 5) is 0. The van der Waals surface area contributed by atoms with Crippen LogP contribution in [0.5, 0.6) is 0 Å². The van der Waals surface area contributed by atoms with Gasteiger partial charge in [-0.05, 0) is 149 Å². The van der Waals surface area contributed by atoms with Gasteiger partial charge in [-0.3, -0.25) is 0 Å². The van der Waals surface area contributed by atoms with Crippen LogP contribution in [0.15, 0.2) is 0 Å². The SMILES string of the molecule is CC.CC.CC.CC1CC(C(F)(F)F)C[C@@H](C)C1.CCC(C)OC.CCC(CC)OC.CCCC(C)OC.CCCCOC.CCCOC.CCOC.COC(C)(C)C.COC(C)C.COCC(C)(C)C.COCC(C)C.COCCC(C)C. The summed E-state index contributed by atoms with van der Waals surface area (Å²) in [5.41, 5.74) is 0.370. The Morgan fingerprint density at radius 1 is 0.429 bits per heavy atom. The highest BCUT2D eigenvalue weighted by Crippen LogP contribution is 2.41. The van der Waals surface area contributed by atoms with E-state index in [2.05, 4.69) is 109 Å². The van der Waals surface area contributed by atoms with E-state index in [1.165, 1.54) is 32.1 Å². The van der Waals surface area contributed by atoms with Gasteiger partial charge in [0.05, 0.1) is 42.5 Å². The second kappa shape index (κ2) is 101. The van der Waals surface area contributed by atoms with Crippen LogP contribution in [0.25, 0.3) is 0 Å². The van der Waals surface area contributed by atoms with E-state index in [4.69, 9.17) is 47.4 Å². The maximum atomic E-state index is 12.3. The molecule has 1 aliphatic carbocycles. The van der Waals surface area contributed by atoms with E-state index >= 15 is 0 Å². The highest BCUT2D eigenvalue weighted by Gasteiger charge is 2.42. The third-order valence-corrected chi connectivity index (χ3v) is 10.4. The Hall–Kier alpha value is -0.650. The fourth-order valence-corrected chi connectivity index (χ4v) is 5.14. The monoisotopic (exact) mass is 1240 g/mol. The summed E-state index contributed by atoms with van der Waals surface area (Å²) in [6, 6.07) is 0. The van der Waals surface area contributed by atoms with Crippen LogP contribution in [0.3, 0.4) is 0 Å². The maximum absolute atomic E-state index is 12.3. The summed E-state index contributed by atoms with van der Waals surface area (Å²) < 4.78 is 90.1. The maximum Gasteiger partial charge on any atom is 0.391 e. The minimum Gasteiger partial charge on any atom is -0.385 e. The van der Waals surface area contributed by atoms with Crippen molar-refractivity contribution in [2.75, 3.05) is 118 Å². The molecule has 1 fully saturated rings. The number of rotatable bonds is 21. The number of methoxy groups -OCH3 is 11. The Balaban J connectivity index is -0.0000000531.